The molecule has 2 aromatic rings. The summed E-state index contributed by atoms with van der Waals surface area (Å²) in [5, 5.41) is 7.54. The Labute approximate surface area is 144 Å². The van der Waals surface area contributed by atoms with E-state index in [2.05, 4.69) is 10.2 Å². The van der Waals surface area contributed by atoms with Crippen LogP contribution >= 0.6 is 0 Å². The Bertz CT molecular complexity index is 817. The van der Waals surface area contributed by atoms with Gasteiger partial charge in [-0.25, -0.2) is 8.78 Å². The maximum Gasteiger partial charge on any atom is 0.263 e. The molecular weight excluding hydrogens is 326 g/mol. The molecule has 1 N–H and O–H groups in total. The maximum absolute atomic E-state index is 13.1. The number of aromatic amines is 1. The molecule has 7 heteroatoms. The molecule has 1 aromatic heterocycles. The molecule has 3 heterocycles. The lowest BCUT2D eigenvalue weighted by Crippen LogP contribution is -2.35. The van der Waals surface area contributed by atoms with Crippen LogP contribution in [0.25, 0.3) is 0 Å². The van der Waals surface area contributed by atoms with E-state index in [1.54, 1.807) is 24.0 Å². The Balaban J connectivity index is 1.74. The minimum atomic E-state index is -2.49. The van der Waals surface area contributed by atoms with Crippen LogP contribution in [0.1, 0.15) is 42.2 Å². The molecule has 2 aliphatic rings. The minimum Gasteiger partial charge on any atom is -0.338 e. The van der Waals surface area contributed by atoms with E-state index in [1.165, 1.54) is 6.07 Å². The smallest absolute Gasteiger partial charge is 0.263 e. The number of amides is 1. The zero-order valence-corrected chi connectivity index (χ0v) is 14.1. The van der Waals surface area contributed by atoms with Gasteiger partial charge in [-0.2, -0.15) is 5.10 Å². The molecule has 0 atom stereocenters. The fourth-order valence-corrected chi connectivity index (χ4v) is 3.72. The highest BCUT2D eigenvalue weighted by Gasteiger charge is 2.29. The van der Waals surface area contributed by atoms with E-state index in [0.717, 1.165) is 54.1 Å². The van der Waals surface area contributed by atoms with E-state index in [0.29, 0.717) is 13.1 Å². The van der Waals surface area contributed by atoms with Crippen LogP contribution in [0.4, 0.5) is 20.3 Å². The summed E-state index contributed by atoms with van der Waals surface area (Å²) in [7, 11) is 0. The molecule has 25 heavy (non-hydrogen) atoms. The van der Waals surface area contributed by atoms with Crippen LogP contribution in [0.5, 0.6) is 0 Å². The number of rotatable bonds is 2. The number of carbonyl (C=O) groups is 1. The number of aromatic nitrogens is 2. The summed E-state index contributed by atoms with van der Waals surface area (Å²) in [5.41, 5.74) is 3.92. The van der Waals surface area contributed by atoms with Gasteiger partial charge in [0.1, 0.15) is 0 Å². The number of nitrogens with zero attached hydrogens (tertiary/aromatic N) is 3. The number of carbonyl (C=O) groups excluding carboxylic acids is 1. The van der Waals surface area contributed by atoms with Gasteiger partial charge in [0.25, 0.3) is 6.43 Å². The molecule has 0 bridgehead atoms. The quantitative estimate of drug-likeness (QED) is 0.907. The first-order chi connectivity index (χ1) is 12.0. The topological polar surface area (TPSA) is 52.2 Å². The number of nitrogens with one attached hydrogen (secondary N) is 1. The number of halogens is 2. The van der Waals surface area contributed by atoms with Gasteiger partial charge in [0.2, 0.25) is 5.91 Å². The molecule has 0 fully saturated rings. The van der Waals surface area contributed by atoms with Crippen molar-refractivity contribution in [3.8, 4) is 0 Å². The first-order valence-corrected chi connectivity index (χ1v) is 8.54. The van der Waals surface area contributed by atoms with Crippen molar-refractivity contribution >= 4 is 17.4 Å². The van der Waals surface area contributed by atoms with Gasteiger partial charge in [-0.1, -0.05) is 12.1 Å². The third-order valence-corrected chi connectivity index (χ3v) is 5.09. The summed E-state index contributed by atoms with van der Waals surface area (Å²) in [6.07, 6.45) is 0.0655. The standard InChI is InChI=1S/C18H20F2N4O/c1-11(25)23-8-6-15-14(10-23)18(22-21-15)24-7-2-3-12-4-5-13(17(19)20)9-16(12)24/h4-5,9,17H,2-3,6-8,10H2,1H3,(H,21,22). The second kappa shape index (κ2) is 6.13. The van der Waals surface area contributed by atoms with Crippen molar-refractivity contribution in [2.24, 2.45) is 0 Å². The molecule has 0 aliphatic carbocycles. The Morgan fingerprint density at radius 3 is 2.88 bits per heavy atom. The summed E-state index contributed by atoms with van der Waals surface area (Å²) in [5.74, 6) is 0.796. The van der Waals surface area contributed by atoms with Crippen molar-refractivity contribution in [3.05, 3.63) is 40.6 Å². The number of H-pyrrole nitrogens is 1. The van der Waals surface area contributed by atoms with Crippen LogP contribution in [-0.2, 0) is 24.2 Å². The fourth-order valence-electron chi connectivity index (χ4n) is 3.72. The fraction of sp³-hybridized carbons (Fsp3) is 0.444. The summed E-state index contributed by atoms with van der Waals surface area (Å²) < 4.78 is 26.3. The van der Waals surface area contributed by atoms with Crippen LogP contribution < -0.4 is 4.90 Å². The molecule has 1 aromatic carbocycles. The normalized spacial score (nSPS) is 16.8. The number of hydrogen-bond acceptors (Lipinski definition) is 3. The Kier molecular flexibility index (Phi) is 3.94. The molecule has 0 saturated carbocycles. The zero-order chi connectivity index (χ0) is 17.6. The molecule has 4 rings (SSSR count). The molecule has 5 nitrogen and oxygen atoms in total. The average Bonchev–Trinajstić information content (AvgIpc) is 3.03. The lowest BCUT2D eigenvalue weighted by Gasteiger charge is -2.32. The summed E-state index contributed by atoms with van der Waals surface area (Å²) in [6.45, 7) is 3.49. The lowest BCUT2D eigenvalue weighted by molar-refractivity contribution is -0.129. The van der Waals surface area contributed by atoms with Crippen molar-refractivity contribution in [1.82, 2.24) is 15.1 Å². The number of fused-ring (bicyclic) bond motifs is 2. The van der Waals surface area contributed by atoms with Gasteiger partial charge < -0.3 is 9.80 Å². The molecular formula is C18H20F2N4O. The highest BCUT2D eigenvalue weighted by atomic mass is 19.3. The van der Waals surface area contributed by atoms with Gasteiger partial charge >= 0.3 is 0 Å². The maximum atomic E-state index is 13.1. The van der Waals surface area contributed by atoms with E-state index in [-0.39, 0.29) is 11.5 Å². The monoisotopic (exact) mass is 346 g/mol. The van der Waals surface area contributed by atoms with Crippen LogP contribution in [-0.4, -0.2) is 34.1 Å². The first-order valence-electron chi connectivity index (χ1n) is 8.54. The van der Waals surface area contributed by atoms with Crippen molar-refractivity contribution in [2.45, 2.75) is 39.2 Å². The van der Waals surface area contributed by atoms with E-state index in [1.807, 2.05) is 4.90 Å². The first kappa shape index (κ1) is 16.1. The summed E-state index contributed by atoms with van der Waals surface area (Å²) in [4.78, 5) is 15.5. The molecule has 1 amide bonds. The highest BCUT2D eigenvalue weighted by molar-refractivity contribution is 5.75. The average molecular weight is 346 g/mol. The molecule has 0 spiro atoms. The number of alkyl halides is 2. The number of hydrogen-bond donors (Lipinski definition) is 1. The van der Waals surface area contributed by atoms with Crippen LogP contribution in [0.3, 0.4) is 0 Å². The Hall–Kier alpha value is -2.44. The largest absolute Gasteiger partial charge is 0.338 e. The third kappa shape index (κ3) is 2.77. The van der Waals surface area contributed by atoms with E-state index < -0.39 is 6.43 Å². The van der Waals surface area contributed by atoms with Gasteiger partial charge in [0, 0.05) is 48.9 Å². The van der Waals surface area contributed by atoms with Gasteiger partial charge in [-0.3, -0.25) is 9.89 Å². The van der Waals surface area contributed by atoms with Crippen molar-refractivity contribution in [1.29, 1.82) is 0 Å². The molecule has 0 radical (unpaired) electrons. The zero-order valence-electron chi connectivity index (χ0n) is 14.1. The second-order valence-corrected chi connectivity index (χ2v) is 6.64. The lowest BCUT2D eigenvalue weighted by atomic mass is 9.98. The van der Waals surface area contributed by atoms with Crippen LogP contribution in [0, 0.1) is 0 Å². The van der Waals surface area contributed by atoms with Gasteiger partial charge in [0.15, 0.2) is 5.82 Å². The number of benzene rings is 1. The van der Waals surface area contributed by atoms with E-state index in [9.17, 15) is 13.6 Å². The molecule has 132 valence electrons. The Morgan fingerprint density at radius 2 is 2.12 bits per heavy atom. The van der Waals surface area contributed by atoms with Crippen molar-refractivity contribution < 1.29 is 13.6 Å². The number of aryl methyl sites for hydroxylation is 1. The molecule has 0 unspecified atom stereocenters. The van der Waals surface area contributed by atoms with Crippen LogP contribution in [0.15, 0.2) is 18.2 Å². The third-order valence-electron chi connectivity index (χ3n) is 5.09. The number of anilines is 2. The highest BCUT2D eigenvalue weighted by Crippen LogP contribution is 2.38. The van der Waals surface area contributed by atoms with Gasteiger partial charge in [0.05, 0.1) is 6.54 Å². The summed E-state index contributed by atoms with van der Waals surface area (Å²) in [6, 6.07) is 4.88. The second-order valence-electron chi connectivity index (χ2n) is 6.64. The van der Waals surface area contributed by atoms with E-state index in [4.69, 9.17) is 0 Å². The SMILES string of the molecule is CC(=O)N1CCc2[nH]nc(N3CCCc4ccc(C(F)F)cc43)c2C1. The van der Waals surface area contributed by atoms with E-state index >= 15 is 0 Å². The molecule has 0 saturated heterocycles. The van der Waals surface area contributed by atoms with Crippen molar-refractivity contribution in [2.75, 3.05) is 18.0 Å². The van der Waals surface area contributed by atoms with Crippen molar-refractivity contribution in [3.63, 3.8) is 0 Å². The predicted octanol–water partition coefficient (Wildman–Crippen LogP) is 3.34. The van der Waals surface area contributed by atoms with Crippen LogP contribution in [0.2, 0.25) is 0 Å². The molecule has 2 aliphatic heterocycles. The Morgan fingerprint density at radius 1 is 1.28 bits per heavy atom. The summed E-state index contributed by atoms with van der Waals surface area (Å²) >= 11 is 0. The van der Waals surface area contributed by atoms with Gasteiger partial charge in [-0.05, 0) is 24.5 Å². The van der Waals surface area contributed by atoms with Gasteiger partial charge in [-0.15, -0.1) is 0 Å². The minimum absolute atomic E-state index is 0.0282. The predicted molar refractivity (Wildman–Crippen MR) is 90.1 cm³/mol.